The normalized spacial score (nSPS) is 12.4. The lowest BCUT2D eigenvalue weighted by Crippen LogP contribution is -2.24. The molecule has 0 aliphatic rings. The van der Waals surface area contributed by atoms with Gasteiger partial charge in [-0.05, 0) is 67.3 Å². The zero-order valence-electron chi connectivity index (χ0n) is 12.7. The van der Waals surface area contributed by atoms with Crippen molar-refractivity contribution >= 4 is 27.5 Å². The number of hydrogen-bond acceptors (Lipinski definition) is 1. The van der Waals surface area contributed by atoms with E-state index in [2.05, 4.69) is 78.4 Å². The van der Waals surface area contributed by atoms with E-state index in [4.69, 9.17) is 11.6 Å². The van der Waals surface area contributed by atoms with Gasteiger partial charge in [-0.2, -0.15) is 0 Å². The van der Waals surface area contributed by atoms with Gasteiger partial charge in [-0.15, -0.1) is 0 Å². The molecule has 0 fully saturated rings. The van der Waals surface area contributed by atoms with Crippen LogP contribution >= 0.6 is 27.5 Å². The van der Waals surface area contributed by atoms with E-state index in [0.29, 0.717) is 6.04 Å². The van der Waals surface area contributed by atoms with Crippen molar-refractivity contribution < 1.29 is 0 Å². The quantitative estimate of drug-likeness (QED) is 0.725. The Morgan fingerprint density at radius 1 is 1.14 bits per heavy atom. The third kappa shape index (κ3) is 4.32. The molecule has 1 nitrogen and oxygen atoms in total. The molecule has 1 N–H and O–H groups in total. The predicted octanol–water partition coefficient (Wildman–Crippen LogP) is 5.61. The lowest BCUT2D eigenvalue weighted by atomic mass is 9.94. The Kier molecular flexibility index (Phi) is 5.86. The molecule has 0 aliphatic carbocycles. The van der Waals surface area contributed by atoms with Crippen LogP contribution in [-0.2, 0) is 6.42 Å². The van der Waals surface area contributed by atoms with Gasteiger partial charge < -0.3 is 5.32 Å². The van der Waals surface area contributed by atoms with Crippen LogP contribution in [0.5, 0.6) is 0 Å². The lowest BCUT2D eigenvalue weighted by Gasteiger charge is -2.22. The molecule has 0 bridgehead atoms. The van der Waals surface area contributed by atoms with E-state index in [0.717, 1.165) is 28.0 Å². The van der Waals surface area contributed by atoms with Crippen LogP contribution in [0.1, 0.15) is 35.2 Å². The summed E-state index contributed by atoms with van der Waals surface area (Å²) in [6, 6.07) is 13.1. The first-order valence-corrected chi connectivity index (χ1v) is 8.42. The third-order valence-electron chi connectivity index (χ3n) is 3.70. The predicted molar refractivity (Wildman–Crippen MR) is 95.2 cm³/mol. The van der Waals surface area contributed by atoms with Crippen LogP contribution < -0.4 is 5.32 Å². The van der Waals surface area contributed by atoms with E-state index in [1.807, 2.05) is 0 Å². The van der Waals surface area contributed by atoms with Crippen LogP contribution in [0.15, 0.2) is 40.9 Å². The smallest absolute Gasteiger partial charge is 0.0438 e. The van der Waals surface area contributed by atoms with Gasteiger partial charge >= 0.3 is 0 Å². The van der Waals surface area contributed by atoms with Crippen molar-refractivity contribution in [3.8, 4) is 0 Å². The number of aryl methyl sites for hydroxylation is 2. The van der Waals surface area contributed by atoms with Crippen LogP contribution in [-0.4, -0.2) is 6.54 Å². The molecule has 0 amide bonds. The molecule has 0 saturated heterocycles. The fourth-order valence-electron chi connectivity index (χ4n) is 2.62. The molecule has 1 atom stereocenters. The highest BCUT2D eigenvalue weighted by Crippen LogP contribution is 2.27. The van der Waals surface area contributed by atoms with Gasteiger partial charge in [0.05, 0.1) is 0 Å². The number of rotatable bonds is 5. The summed E-state index contributed by atoms with van der Waals surface area (Å²) in [6.07, 6.45) is 0.967. The maximum atomic E-state index is 6.22. The molecule has 2 aromatic carbocycles. The van der Waals surface area contributed by atoms with Crippen molar-refractivity contribution in [1.82, 2.24) is 5.32 Å². The number of hydrogen-bond donors (Lipinski definition) is 1. The molecule has 0 aliphatic heterocycles. The van der Waals surface area contributed by atoms with Gasteiger partial charge in [0.15, 0.2) is 0 Å². The molecule has 2 aromatic rings. The topological polar surface area (TPSA) is 12.0 Å². The molecule has 0 heterocycles. The van der Waals surface area contributed by atoms with E-state index in [1.165, 1.54) is 16.7 Å². The minimum Gasteiger partial charge on any atom is -0.310 e. The minimum atomic E-state index is 0.306. The summed E-state index contributed by atoms with van der Waals surface area (Å²) in [5.74, 6) is 0. The zero-order chi connectivity index (χ0) is 15.4. The molecule has 1 unspecified atom stereocenters. The number of benzene rings is 2. The van der Waals surface area contributed by atoms with Crippen molar-refractivity contribution in [3.63, 3.8) is 0 Å². The van der Waals surface area contributed by atoms with Crippen LogP contribution in [0.25, 0.3) is 0 Å². The fourth-order valence-corrected chi connectivity index (χ4v) is 3.28. The lowest BCUT2D eigenvalue weighted by molar-refractivity contribution is 0.547. The zero-order valence-corrected chi connectivity index (χ0v) is 15.1. The van der Waals surface area contributed by atoms with Crippen molar-refractivity contribution in [2.75, 3.05) is 6.54 Å². The maximum absolute atomic E-state index is 6.22. The van der Waals surface area contributed by atoms with E-state index < -0.39 is 0 Å². The average Bonchev–Trinajstić information content (AvgIpc) is 2.42. The third-order valence-corrected chi connectivity index (χ3v) is 4.60. The van der Waals surface area contributed by atoms with Gasteiger partial charge in [0.1, 0.15) is 0 Å². The van der Waals surface area contributed by atoms with Crippen molar-refractivity contribution in [1.29, 1.82) is 0 Å². The van der Waals surface area contributed by atoms with Crippen LogP contribution in [0.3, 0.4) is 0 Å². The number of likely N-dealkylation sites (N-methyl/N-ethyl adjacent to an activating group) is 1. The Bertz CT molecular complexity index is 625. The molecule has 0 saturated carbocycles. The molecular weight excluding hydrogens is 346 g/mol. The molecule has 21 heavy (non-hydrogen) atoms. The average molecular weight is 367 g/mol. The van der Waals surface area contributed by atoms with E-state index in [1.54, 1.807) is 0 Å². The molecule has 112 valence electrons. The molecule has 2 rings (SSSR count). The summed E-state index contributed by atoms with van der Waals surface area (Å²) < 4.78 is 1.12. The summed E-state index contributed by atoms with van der Waals surface area (Å²) in [5, 5.41) is 4.44. The van der Waals surface area contributed by atoms with E-state index in [-0.39, 0.29) is 0 Å². The summed E-state index contributed by atoms with van der Waals surface area (Å²) >= 11 is 9.77. The Labute approximate surface area is 140 Å². The molecular formula is C18H21BrClN. The molecule has 0 radical (unpaired) electrons. The van der Waals surface area contributed by atoms with E-state index >= 15 is 0 Å². The van der Waals surface area contributed by atoms with Gasteiger partial charge in [0.2, 0.25) is 0 Å². The number of halogens is 2. The first kappa shape index (κ1) is 16.5. The van der Waals surface area contributed by atoms with E-state index in [9.17, 15) is 0 Å². The highest BCUT2D eigenvalue weighted by atomic mass is 79.9. The fraction of sp³-hybridized carbons (Fsp3) is 0.333. The molecule has 0 aromatic heterocycles. The maximum Gasteiger partial charge on any atom is 0.0438 e. The minimum absolute atomic E-state index is 0.306. The first-order valence-electron chi connectivity index (χ1n) is 7.25. The van der Waals surface area contributed by atoms with Gasteiger partial charge in [-0.3, -0.25) is 0 Å². The summed E-state index contributed by atoms with van der Waals surface area (Å²) in [5.41, 5.74) is 5.03. The highest BCUT2D eigenvalue weighted by Gasteiger charge is 2.15. The second-order valence-electron chi connectivity index (χ2n) is 5.40. The highest BCUT2D eigenvalue weighted by molar-refractivity contribution is 9.10. The Morgan fingerprint density at radius 2 is 1.90 bits per heavy atom. The Balaban J connectivity index is 2.33. The van der Waals surface area contributed by atoms with Gasteiger partial charge in [-0.1, -0.05) is 52.7 Å². The van der Waals surface area contributed by atoms with Crippen molar-refractivity contribution in [3.05, 3.63) is 68.1 Å². The largest absolute Gasteiger partial charge is 0.310 e. The standard InChI is InChI=1S/C18H21BrClN/c1-4-21-18(11-14-6-5-7-15(19)10-14)16-8-13(3)17(20)9-12(16)2/h5-10,18,21H,4,11H2,1-3H3. The Morgan fingerprint density at radius 3 is 2.57 bits per heavy atom. The number of nitrogens with one attached hydrogen (secondary N) is 1. The SMILES string of the molecule is CCNC(Cc1cccc(Br)c1)c1cc(C)c(Cl)cc1C. The molecule has 0 spiro atoms. The first-order chi connectivity index (χ1) is 10.0. The van der Waals surface area contributed by atoms with Crippen LogP contribution in [0, 0.1) is 13.8 Å². The van der Waals surface area contributed by atoms with Crippen LogP contribution in [0.4, 0.5) is 0 Å². The van der Waals surface area contributed by atoms with Gasteiger partial charge in [0, 0.05) is 15.5 Å². The van der Waals surface area contributed by atoms with Gasteiger partial charge in [-0.25, -0.2) is 0 Å². The van der Waals surface area contributed by atoms with Crippen molar-refractivity contribution in [2.24, 2.45) is 0 Å². The summed E-state index contributed by atoms with van der Waals surface area (Å²) in [7, 11) is 0. The van der Waals surface area contributed by atoms with Gasteiger partial charge in [0.25, 0.3) is 0 Å². The van der Waals surface area contributed by atoms with Crippen molar-refractivity contribution in [2.45, 2.75) is 33.2 Å². The second kappa shape index (κ2) is 7.44. The summed E-state index contributed by atoms with van der Waals surface area (Å²) in [4.78, 5) is 0. The molecule has 3 heteroatoms. The summed E-state index contributed by atoms with van der Waals surface area (Å²) in [6.45, 7) is 7.28. The monoisotopic (exact) mass is 365 g/mol. The van der Waals surface area contributed by atoms with Crippen LogP contribution in [0.2, 0.25) is 5.02 Å². The second-order valence-corrected chi connectivity index (χ2v) is 6.73. The Hall–Kier alpha value is -0.830.